The molecule has 1 atom stereocenters. The molecule has 1 aliphatic heterocycles. The van der Waals surface area contributed by atoms with Crippen molar-refractivity contribution in [3.63, 3.8) is 0 Å². The van der Waals surface area contributed by atoms with Crippen molar-refractivity contribution in [2.75, 3.05) is 24.5 Å². The molecule has 1 saturated heterocycles. The maximum Gasteiger partial charge on any atom is 0.267 e. The van der Waals surface area contributed by atoms with Gasteiger partial charge in [-0.1, -0.05) is 0 Å². The third kappa shape index (κ3) is 3.50. The Balaban J connectivity index is 1.62. The third-order valence-corrected chi connectivity index (χ3v) is 4.18. The summed E-state index contributed by atoms with van der Waals surface area (Å²) < 4.78 is 1.76. The van der Waals surface area contributed by atoms with Gasteiger partial charge in [-0.25, -0.2) is 4.98 Å². The molecule has 7 nitrogen and oxygen atoms in total. The van der Waals surface area contributed by atoms with Gasteiger partial charge in [-0.3, -0.25) is 9.78 Å². The van der Waals surface area contributed by atoms with Crippen LogP contribution in [0.5, 0.6) is 0 Å². The first-order chi connectivity index (χ1) is 11.1. The highest BCUT2D eigenvalue weighted by Gasteiger charge is 2.34. The Bertz CT molecular complexity index is 672. The fourth-order valence-electron chi connectivity index (χ4n) is 2.94. The molecule has 23 heavy (non-hydrogen) atoms. The van der Waals surface area contributed by atoms with Gasteiger partial charge in [0.25, 0.3) is 5.91 Å². The number of piperidine rings is 1. The lowest BCUT2D eigenvalue weighted by molar-refractivity contribution is 0.0253. The first kappa shape index (κ1) is 15.5. The number of hydrogen-bond donors (Lipinski definition) is 2. The average Bonchev–Trinajstić information content (AvgIpc) is 3.00. The fraction of sp³-hybridized carbons (Fsp3) is 0.438. The highest BCUT2D eigenvalue weighted by Crippen LogP contribution is 2.24. The number of carbonyl (C=O) groups is 1. The van der Waals surface area contributed by atoms with E-state index in [1.165, 1.54) is 0 Å². The van der Waals surface area contributed by atoms with Gasteiger partial charge in [0.1, 0.15) is 11.5 Å². The molecule has 1 aliphatic rings. The standard InChI is InChI=1S/C16H21N5O2/c1-20-8-2-4-13(20)15(22)19-11-16(23)5-3-9-21(12-16)14-10-17-6-7-18-14/h2,4,6-8,10,23H,3,5,9,11-12H2,1H3,(H,19,22). The predicted molar refractivity (Wildman–Crippen MR) is 86.2 cm³/mol. The zero-order chi connectivity index (χ0) is 16.3. The molecule has 0 bridgehead atoms. The SMILES string of the molecule is Cn1cccc1C(=O)NCC1(O)CCCN(c2cnccn2)C1. The Labute approximate surface area is 135 Å². The Kier molecular flexibility index (Phi) is 4.29. The topological polar surface area (TPSA) is 83.3 Å². The van der Waals surface area contributed by atoms with Crippen LogP contribution in [0.2, 0.25) is 0 Å². The van der Waals surface area contributed by atoms with E-state index in [1.807, 2.05) is 24.2 Å². The van der Waals surface area contributed by atoms with Gasteiger partial charge < -0.3 is 19.9 Å². The van der Waals surface area contributed by atoms with Crippen molar-refractivity contribution in [3.05, 3.63) is 42.6 Å². The van der Waals surface area contributed by atoms with Crippen molar-refractivity contribution < 1.29 is 9.90 Å². The van der Waals surface area contributed by atoms with Gasteiger partial charge in [0.2, 0.25) is 0 Å². The maximum absolute atomic E-state index is 12.2. The van der Waals surface area contributed by atoms with Crippen molar-refractivity contribution in [1.29, 1.82) is 0 Å². The van der Waals surface area contributed by atoms with Gasteiger partial charge in [0.15, 0.2) is 0 Å². The van der Waals surface area contributed by atoms with Gasteiger partial charge in [-0.2, -0.15) is 0 Å². The second kappa shape index (κ2) is 6.37. The van der Waals surface area contributed by atoms with Crippen molar-refractivity contribution in [2.45, 2.75) is 18.4 Å². The molecule has 0 saturated carbocycles. The summed E-state index contributed by atoms with van der Waals surface area (Å²) in [7, 11) is 1.82. The van der Waals surface area contributed by atoms with Crippen LogP contribution in [0.15, 0.2) is 36.9 Å². The molecule has 0 aromatic carbocycles. The van der Waals surface area contributed by atoms with Gasteiger partial charge in [-0.05, 0) is 25.0 Å². The first-order valence-electron chi connectivity index (χ1n) is 7.70. The van der Waals surface area contributed by atoms with Gasteiger partial charge in [0.05, 0.1) is 11.8 Å². The second-order valence-corrected chi connectivity index (χ2v) is 6.00. The minimum Gasteiger partial charge on any atom is -0.386 e. The van der Waals surface area contributed by atoms with E-state index in [2.05, 4.69) is 15.3 Å². The number of anilines is 1. The van der Waals surface area contributed by atoms with E-state index in [9.17, 15) is 9.90 Å². The largest absolute Gasteiger partial charge is 0.386 e. The average molecular weight is 315 g/mol. The Morgan fingerprint density at radius 2 is 2.35 bits per heavy atom. The molecule has 2 aromatic heterocycles. The monoisotopic (exact) mass is 315 g/mol. The second-order valence-electron chi connectivity index (χ2n) is 6.00. The number of nitrogens with one attached hydrogen (secondary N) is 1. The summed E-state index contributed by atoms with van der Waals surface area (Å²) in [5, 5.41) is 13.6. The minimum absolute atomic E-state index is 0.178. The number of rotatable bonds is 4. The summed E-state index contributed by atoms with van der Waals surface area (Å²) in [5.41, 5.74) is -0.383. The van der Waals surface area contributed by atoms with Crippen LogP contribution in [0.3, 0.4) is 0 Å². The van der Waals surface area contributed by atoms with E-state index in [0.717, 1.165) is 18.8 Å². The van der Waals surface area contributed by atoms with Crippen molar-refractivity contribution in [2.24, 2.45) is 7.05 Å². The molecule has 0 radical (unpaired) electrons. The molecular formula is C16H21N5O2. The van der Waals surface area contributed by atoms with E-state index in [1.54, 1.807) is 29.2 Å². The Hall–Kier alpha value is -2.41. The number of nitrogens with zero attached hydrogens (tertiary/aromatic N) is 4. The van der Waals surface area contributed by atoms with E-state index in [-0.39, 0.29) is 12.5 Å². The molecule has 3 rings (SSSR count). The highest BCUT2D eigenvalue weighted by molar-refractivity contribution is 5.92. The van der Waals surface area contributed by atoms with Crippen LogP contribution < -0.4 is 10.2 Å². The van der Waals surface area contributed by atoms with Crippen LogP contribution in [0, 0.1) is 0 Å². The van der Waals surface area contributed by atoms with Crippen LogP contribution >= 0.6 is 0 Å². The van der Waals surface area contributed by atoms with Crippen molar-refractivity contribution >= 4 is 11.7 Å². The van der Waals surface area contributed by atoms with Gasteiger partial charge >= 0.3 is 0 Å². The van der Waals surface area contributed by atoms with Crippen LogP contribution in [0.1, 0.15) is 23.3 Å². The summed E-state index contributed by atoms with van der Waals surface area (Å²) in [6.45, 7) is 1.47. The van der Waals surface area contributed by atoms with E-state index < -0.39 is 5.60 Å². The number of carbonyl (C=O) groups excluding carboxylic acids is 1. The number of aromatic nitrogens is 3. The van der Waals surface area contributed by atoms with Crippen LogP contribution in [0.25, 0.3) is 0 Å². The molecule has 1 amide bonds. The lowest BCUT2D eigenvalue weighted by Gasteiger charge is -2.39. The molecule has 3 heterocycles. The normalized spacial score (nSPS) is 21.2. The number of β-amino-alcohol motifs (C(OH)–C–C–N with tert-alkyl or cyclic N) is 1. The molecule has 1 unspecified atom stereocenters. The lowest BCUT2D eigenvalue weighted by atomic mass is 9.92. The summed E-state index contributed by atoms with van der Waals surface area (Å²) in [6.07, 6.45) is 8.26. The summed E-state index contributed by atoms with van der Waals surface area (Å²) in [4.78, 5) is 22.5. The lowest BCUT2D eigenvalue weighted by Crippen LogP contribution is -2.54. The molecule has 0 aliphatic carbocycles. The number of aliphatic hydroxyl groups is 1. The molecule has 1 fully saturated rings. The Morgan fingerprint density at radius 1 is 1.48 bits per heavy atom. The zero-order valence-corrected chi connectivity index (χ0v) is 13.1. The summed E-state index contributed by atoms with van der Waals surface area (Å²) >= 11 is 0. The van der Waals surface area contributed by atoms with Crippen molar-refractivity contribution in [1.82, 2.24) is 19.9 Å². The number of hydrogen-bond acceptors (Lipinski definition) is 5. The summed E-state index contributed by atoms with van der Waals surface area (Å²) in [6, 6.07) is 3.58. The van der Waals surface area contributed by atoms with Gasteiger partial charge in [-0.15, -0.1) is 0 Å². The molecule has 2 N–H and O–H groups in total. The predicted octanol–water partition coefficient (Wildman–Crippen LogP) is 0.576. The number of amides is 1. The van der Waals surface area contributed by atoms with E-state index in [0.29, 0.717) is 18.7 Å². The molecule has 2 aromatic rings. The number of aryl methyl sites for hydroxylation is 1. The van der Waals surface area contributed by atoms with Crippen molar-refractivity contribution in [3.8, 4) is 0 Å². The smallest absolute Gasteiger partial charge is 0.267 e. The minimum atomic E-state index is -0.962. The highest BCUT2D eigenvalue weighted by atomic mass is 16.3. The molecule has 7 heteroatoms. The summed E-state index contributed by atoms with van der Waals surface area (Å²) in [5.74, 6) is 0.571. The van der Waals surface area contributed by atoms with Crippen LogP contribution in [-0.2, 0) is 7.05 Å². The Morgan fingerprint density at radius 3 is 3.04 bits per heavy atom. The third-order valence-electron chi connectivity index (χ3n) is 4.18. The van der Waals surface area contributed by atoms with E-state index >= 15 is 0 Å². The zero-order valence-electron chi connectivity index (χ0n) is 13.1. The molecule has 122 valence electrons. The van der Waals surface area contributed by atoms with Crippen LogP contribution in [-0.4, -0.2) is 50.8 Å². The molecular weight excluding hydrogens is 294 g/mol. The first-order valence-corrected chi connectivity index (χ1v) is 7.70. The quantitative estimate of drug-likeness (QED) is 0.862. The van der Waals surface area contributed by atoms with Gasteiger partial charge in [0, 0.05) is 45.3 Å². The van der Waals surface area contributed by atoms with E-state index in [4.69, 9.17) is 0 Å². The molecule has 0 spiro atoms. The van der Waals surface area contributed by atoms with Crippen LogP contribution in [0.4, 0.5) is 5.82 Å². The maximum atomic E-state index is 12.2. The fourth-order valence-corrected chi connectivity index (χ4v) is 2.94.